The second-order valence-electron chi connectivity index (χ2n) is 5.52. The highest BCUT2D eigenvalue weighted by molar-refractivity contribution is 7.99. The van der Waals surface area contributed by atoms with Crippen molar-refractivity contribution < 1.29 is 24.2 Å². The first-order chi connectivity index (χ1) is 10.8. The summed E-state index contributed by atoms with van der Waals surface area (Å²) in [6.45, 7) is 3.00. The van der Waals surface area contributed by atoms with Crippen molar-refractivity contribution >= 4 is 29.4 Å². The normalized spacial score (nSPS) is 21.5. The second-order valence-corrected chi connectivity index (χ2v) is 6.63. The van der Waals surface area contributed by atoms with Gasteiger partial charge < -0.3 is 15.2 Å². The van der Waals surface area contributed by atoms with E-state index in [0.717, 1.165) is 0 Å². The van der Waals surface area contributed by atoms with E-state index in [0.29, 0.717) is 29.2 Å². The van der Waals surface area contributed by atoms with Gasteiger partial charge in [-0.2, -0.15) is 11.8 Å². The Hall–Kier alpha value is -2.02. The highest BCUT2D eigenvalue weighted by Gasteiger charge is 2.44. The van der Waals surface area contributed by atoms with Crippen molar-refractivity contribution in [3.63, 3.8) is 0 Å². The summed E-state index contributed by atoms with van der Waals surface area (Å²) >= 11 is 1.50. The van der Waals surface area contributed by atoms with Crippen LogP contribution in [-0.4, -0.2) is 45.9 Å². The molecule has 1 saturated heterocycles. The minimum absolute atomic E-state index is 0.0969. The van der Waals surface area contributed by atoms with Crippen LogP contribution >= 0.6 is 11.8 Å². The number of thioether (sulfide) groups is 1. The predicted octanol–water partition coefficient (Wildman–Crippen LogP) is 1.73. The lowest BCUT2D eigenvalue weighted by atomic mass is 9.99. The Balaban J connectivity index is 2.04. The molecule has 1 fully saturated rings. The summed E-state index contributed by atoms with van der Waals surface area (Å²) in [5, 5.41) is 12.0. The monoisotopic (exact) mass is 337 g/mol. The number of carbonyl (C=O) groups is 3. The van der Waals surface area contributed by atoms with E-state index >= 15 is 0 Å². The van der Waals surface area contributed by atoms with Gasteiger partial charge in [-0.15, -0.1) is 0 Å². The van der Waals surface area contributed by atoms with Crippen LogP contribution in [0.2, 0.25) is 0 Å². The number of Topliss-reactive ketones (excluding diaryl/α,β-unsaturated/α-hetero) is 1. The van der Waals surface area contributed by atoms with Crippen LogP contribution in [0.15, 0.2) is 24.3 Å². The third kappa shape index (κ3) is 4.04. The average Bonchev–Trinajstić information content (AvgIpc) is 2.97. The molecule has 1 aliphatic rings. The number of rotatable bonds is 6. The van der Waals surface area contributed by atoms with Crippen LogP contribution in [0.4, 0.5) is 0 Å². The van der Waals surface area contributed by atoms with Gasteiger partial charge in [0.2, 0.25) is 0 Å². The fourth-order valence-electron chi connectivity index (χ4n) is 2.27. The van der Waals surface area contributed by atoms with Gasteiger partial charge in [0.05, 0.1) is 0 Å². The third-order valence-electron chi connectivity index (χ3n) is 3.72. The smallest absolute Gasteiger partial charge is 0.330 e. The predicted molar refractivity (Wildman–Crippen MR) is 87.0 cm³/mol. The highest BCUT2D eigenvalue weighted by atomic mass is 32.2. The van der Waals surface area contributed by atoms with E-state index in [4.69, 9.17) is 4.74 Å². The SMILES string of the molecule is CC(=O)c1cccc(OC(C)C(=O)NC2(C(=O)O)CCSC2)c1. The number of carbonyl (C=O) groups excluding carboxylic acids is 2. The first-order valence-corrected chi connectivity index (χ1v) is 8.40. The van der Waals surface area contributed by atoms with Gasteiger partial charge in [0.1, 0.15) is 11.3 Å². The molecule has 1 amide bonds. The quantitative estimate of drug-likeness (QED) is 0.768. The number of hydrogen-bond acceptors (Lipinski definition) is 5. The zero-order chi connectivity index (χ0) is 17.0. The Labute approximate surface area is 138 Å². The molecule has 7 heteroatoms. The van der Waals surface area contributed by atoms with Gasteiger partial charge in [0.15, 0.2) is 11.9 Å². The molecular formula is C16H19NO5S. The first-order valence-electron chi connectivity index (χ1n) is 7.25. The molecule has 0 aromatic heterocycles. The number of amides is 1. The minimum Gasteiger partial charge on any atom is -0.481 e. The summed E-state index contributed by atoms with van der Waals surface area (Å²) < 4.78 is 5.54. The standard InChI is InChI=1S/C16H19NO5S/c1-10(18)12-4-3-5-13(8-12)22-11(2)14(19)17-16(15(20)21)6-7-23-9-16/h3-5,8,11H,6-7,9H2,1-2H3,(H,17,19)(H,20,21). The van der Waals surface area contributed by atoms with E-state index < -0.39 is 23.5 Å². The molecule has 2 rings (SSSR count). The highest BCUT2D eigenvalue weighted by Crippen LogP contribution is 2.28. The lowest BCUT2D eigenvalue weighted by molar-refractivity contribution is -0.147. The van der Waals surface area contributed by atoms with Crippen molar-refractivity contribution in [3.8, 4) is 5.75 Å². The van der Waals surface area contributed by atoms with Crippen LogP contribution in [0.25, 0.3) is 0 Å². The van der Waals surface area contributed by atoms with Crippen LogP contribution in [0.1, 0.15) is 30.6 Å². The van der Waals surface area contributed by atoms with Crippen LogP contribution in [0.5, 0.6) is 5.75 Å². The molecule has 2 atom stereocenters. The van der Waals surface area contributed by atoms with E-state index in [1.807, 2.05) is 0 Å². The Morgan fingerprint density at radius 2 is 2.13 bits per heavy atom. The molecule has 1 heterocycles. The lowest BCUT2D eigenvalue weighted by Gasteiger charge is -2.26. The number of ether oxygens (including phenoxy) is 1. The lowest BCUT2D eigenvalue weighted by Crippen LogP contribution is -2.57. The zero-order valence-corrected chi connectivity index (χ0v) is 13.8. The molecule has 6 nitrogen and oxygen atoms in total. The van der Waals surface area contributed by atoms with E-state index in [2.05, 4.69) is 5.32 Å². The Kier molecular flexibility index (Phi) is 5.30. The molecule has 0 aliphatic carbocycles. The van der Waals surface area contributed by atoms with Crippen LogP contribution in [0, 0.1) is 0 Å². The molecule has 0 spiro atoms. The van der Waals surface area contributed by atoms with Crippen LogP contribution in [0.3, 0.4) is 0 Å². The maximum atomic E-state index is 12.3. The van der Waals surface area contributed by atoms with Crippen LogP contribution in [-0.2, 0) is 9.59 Å². The maximum absolute atomic E-state index is 12.3. The van der Waals surface area contributed by atoms with Crippen LogP contribution < -0.4 is 10.1 Å². The topological polar surface area (TPSA) is 92.7 Å². The van der Waals surface area contributed by atoms with Crippen molar-refractivity contribution in [2.45, 2.75) is 31.9 Å². The Bertz CT molecular complexity index is 625. The fourth-order valence-corrected chi connectivity index (χ4v) is 3.59. The fraction of sp³-hybridized carbons (Fsp3) is 0.438. The van der Waals surface area contributed by atoms with E-state index in [1.165, 1.54) is 18.7 Å². The average molecular weight is 337 g/mol. The molecule has 124 valence electrons. The van der Waals surface area contributed by atoms with E-state index in [-0.39, 0.29) is 5.78 Å². The summed E-state index contributed by atoms with van der Waals surface area (Å²) in [5.41, 5.74) is -0.732. The third-order valence-corrected chi connectivity index (χ3v) is 4.91. The number of carboxylic acid groups (broad SMARTS) is 1. The van der Waals surface area contributed by atoms with Gasteiger partial charge in [-0.05, 0) is 38.2 Å². The van der Waals surface area contributed by atoms with Gasteiger partial charge >= 0.3 is 5.97 Å². The molecule has 23 heavy (non-hydrogen) atoms. The van der Waals surface area contributed by atoms with Gasteiger partial charge in [0, 0.05) is 11.3 Å². The number of aliphatic carboxylic acids is 1. The molecule has 2 N–H and O–H groups in total. The van der Waals surface area contributed by atoms with Gasteiger partial charge in [-0.25, -0.2) is 4.79 Å². The zero-order valence-electron chi connectivity index (χ0n) is 13.0. The largest absolute Gasteiger partial charge is 0.481 e. The van der Waals surface area contributed by atoms with E-state index in [1.54, 1.807) is 31.2 Å². The van der Waals surface area contributed by atoms with Gasteiger partial charge in [-0.1, -0.05) is 12.1 Å². The molecule has 1 aromatic carbocycles. The molecule has 2 unspecified atom stereocenters. The molecule has 0 radical (unpaired) electrons. The number of hydrogen-bond donors (Lipinski definition) is 2. The van der Waals surface area contributed by atoms with Crippen molar-refractivity contribution in [3.05, 3.63) is 29.8 Å². The van der Waals surface area contributed by atoms with E-state index in [9.17, 15) is 19.5 Å². The number of carboxylic acids is 1. The maximum Gasteiger partial charge on any atom is 0.330 e. The molecule has 0 saturated carbocycles. The minimum atomic E-state index is -1.22. The summed E-state index contributed by atoms with van der Waals surface area (Å²) in [5.74, 6) is -0.168. The van der Waals surface area contributed by atoms with Gasteiger partial charge in [-0.3, -0.25) is 9.59 Å². The number of benzene rings is 1. The molecule has 1 aromatic rings. The summed E-state index contributed by atoms with van der Waals surface area (Å²) in [6, 6.07) is 6.54. The van der Waals surface area contributed by atoms with Crippen molar-refractivity contribution in [2.75, 3.05) is 11.5 Å². The summed E-state index contributed by atoms with van der Waals surface area (Å²) in [7, 11) is 0. The summed E-state index contributed by atoms with van der Waals surface area (Å²) in [4.78, 5) is 35.1. The van der Waals surface area contributed by atoms with Crippen molar-refractivity contribution in [2.24, 2.45) is 0 Å². The second kappa shape index (κ2) is 7.04. The Morgan fingerprint density at radius 3 is 2.70 bits per heavy atom. The molecule has 1 aliphatic heterocycles. The van der Waals surface area contributed by atoms with Gasteiger partial charge in [0.25, 0.3) is 5.91 Å². The Morgan fingerprint density at radius 1 is 1.39 bits per heavy atom. The number of nitrogens with one attached hydrogen (secondary N) is 1. The van der Waals surface area contributed by atoms with Crippen molar-refractivity contribution in [1.82, 2.24) is 5.32 Å². The first kappa shape index (κ1) is 17.3. The molecular weight excluding hydrogens is 318 g/mol. The number of ketones is 1. The molecule has 0 bridgehead atoms. The summed E-state index contributed by atoms with van der Waals surface area (Å²) in [6.07, 6.45) is -0.468. The van der Waals surface area contributed by atoms with Crippen molar-refractivity contribution in [1.29, 1.82) is 0 Å².